The summed E-state index contributed by atoms with van der Waals surface area (Å²) in [5.74, 6) is 0.259. The summed E-state index contributed by atoms with van der Waals surface area (Å²) < 4.78 is 1.40. The fourth-order valence-electron chi connectivity index (χ4n) is 2.74. The second-order valence-corrected chi connectivity index (χ2v) is 6.64. The number of anilines is 1. The lowest BCUT2D eigenvalue weighted by molar-refractivity contribution is -0.129. The van der Waals surface area contributed by atoms with E-state index in [0.717, 1.165) is 18.5 Å². The number of carbonyl (C=O) groups excluding carboxylic acids is 2. The molecule has 0 bridgehead atoms. The summed E-state index contributed by atoms with van der Waals surface area (Å²) in [6, 6.07) is 9.62. The molecule has 1 aliphatic carbocycles. The van der Waals surface area contributed by atoms with Crippen molar-refractivity contribution in [2.75, 3.05) is 25.5 Å². The quantitative estimate of drug-likeness (QED) is 0.803. The van der Waals surface area contributed by atoms with Crippen molar-refractivity contribution in [3.05, 3.63) is 42.2 Å². The third kappa shape index (κ3) is 4.04. The van der Waals surface area contributed by atoms with Gasteiger partial charge in [-0.2, -0.15) is 0 Å². The number of hydrogen-bond donors (Lipinski definition) is 0. The number of nitrogens with zero attached hydrogens (tertiary/aromatic N) is 5. The highest BCUT2D eigenvalue weighted by Crippen LogP contribution is 2.29. The second kappa shape index (κ2) is 7.46. The van der Waals surface area contributed by atoms with Gasteiger partial charge in [0, 0.05) is 26.3 Å². The van der Waals surface area contributed by atoms with Gasteiger partial charge in [0.1, 0.15) is 6.54 Å². The number of para-hydroxylation sites is 1. The first-order chi connectivity index (χ1) is 12.0. The molecule has 1 aromatic heterocycles. The minimum absolute atomic E-state index is 0.0707. The third-order valence-corrected chi connectivity index (χ3v) is 4.53. The lowest BCUT2D eigenvalue weighted by Gasteiger charge is -2.32. The Morgan fingerprint density at radius 3 is 2.52 bits per heavy atom. The Morgan fingerprint density at radius 1 is 1.20 bits per heavy atom. The van der Waals surface area contributed by atoms with E-state index >= 15 is 0 Å². The predicted molar refractivity (Wildman–Crippen MR) is 94.2 cm³/mol. The normalized spacial score (nSPS) is 14.0. The number of carbonyl (C=O) groups is 2. The van der Waals surface area contributed by atoms with Crippen LogP contribution in [0, 0.1) is 5.92 Å². The zero-order chi connectivity index (χ0) is 17.8. The number of amides is 2. The number of likely N-dealkylation sites (N-methyl/N-ethyl adjacent to an activating group) is 1. The number of aromatic nitrogens is 3. The zero-order valence-electron chi connectivity index (χ0n) is 14.6. The Balaban J connectivity index is 1.77. The molecule has 1 heterocycles. The molecule has 0 saturated heterocycles. The molecule has 0 unspecified atom stereocenters. The highest BCUT2D eigenvalue weighted by atomic mass is 16.2. The summed E-state index contributed by atoms with van der Waals surface area (Å²) in [7, 11) is 3.36. The van der Waals surface area contributed by atoms with Gasteiger partial charge in [-0.1, -0.05) is 29.8 Å². The van der Waals surface area contributed by atoms with E-state index in [0.29, 0.717) is 12.5 Å². The first kappa shape index (κ1) is 17.1. The Bertz CT molecular complexity index is 737. The molecule has 1 saturated carbocycles. The molecule has 25 heavy (non-hydrogen) atoms. The molecule has 0 N–H and O–H groups in total. The van der Waals surface area contributed by atoms with Gasteiger partial charge in [-0.15, -0.1) is 5.10 Å². The topological polar surface area (TPSA) is 71.3 Å². The van der Waals surface area contributed by atoms with E-state index < -0.39 is 0 Å². The van der Waals surface area contributed by atoms with Crippen LogP contribution in [-0.2, 0) is 11.3 Å². The van der Waals surface area contributed by atoms with Crippen LogP contribution in [-0.4, -0.2) is 52.3 Å². The molecule has 7 heteroatoms. The molecule has 2 aromatic rings. The van der Waals surface area contributed by atoms with E-state index in [1.807, 2.05) is 30.3 Å². The summed E-state index contributed by atoms with van der Waals surface area (Å²) in [4.78, 5) is 28.0. The lowest BCUT2D eigenvalue weighted by Crippen LogP contribution is -2.37. The lowest BCUT2D eigenvalue weighted by atomic mass is 9.85. The maximum absolute atomic E-state index is 13.0. The van der Waals surface area contributed by atoms with Crippen LogP contribution >= 0.6 is 0 Å². The smallest absolute Gasteiger partial charge is 0.280 e. The van der Waals surface area contributed by atoms with Crippen LogP contribution in [0.15, 0.2) is 36.5 Å². The van der Waals surface area contributed by atoms with E-state index in [2.05, 4.69) is 10.3 Å². The maximum Gasteiger partial charge on any atom is 0.280 e. The number of benzene rings is 1. The van der Waals surface area contributed by atoms with E-state index in [4.69, 9.17) is 0 Å². The van der Waals surface area contributed by atoms with Gasteiger partial charge < -0.3 is 9.80 Å². The van der Waals surface area contributed by atoms with Crippen LogP contribution in [0.1, 0.15) is 29.8 Å². The van der Waals surface area contributed by atoms with Crippen LogP contribution < -0.4 is 4.90 Å². The largest absolute Gasteiger partial charge is 0.347 e. The van der Waals surface area contributed by atoms with Crippen molar-refractivity contribution in [1.29, 1.82) is 0 Å². The molecule has 0 aliphatic heterocycles. The molecule has 132 valence electrons. The Labute approximate surface area is 147 Å². The average molecular weight is 341 g/mol. The van der Waals surface area contributed by atoms with Gasteiger partial charge in [0.15, 0.2) is 5.69 Å². The number of rotatable bonds is 6. The maximum atomic E-state index is 13.0. The van der Waals surface area contributed by atoms with Gasteiger partial charge in [0.05, 0.1) is 6.20 Å². The number of hydrogen-bond acceptors (Lipinski definition) is 4. The van der Waals surface area contributed by atoms with E-state index in [9.17, 15) is 9.59 Å². The van der Waals surface area contributed by atoms with Crippen molar-refractivity contribution in [3.8, 4) is 0 Å². The molecule has 0 spiro atoms. The van der Waals surface area contributed by atoms with Gasteiger partial charge in [-0.25, -0.2) is 4.68 Å². The standard InChI is InChI=1S/C18H23N5O2/c1-21(2)17(24)13-22-12-16(19-20-22)18(25)23(11-14-7-6-8-14)15-9-4-3-5-10-15/h3-5,9-10,12,14H,6-8,11,13H2,1-2H3. The van der Waals surface area contributed by atoms with Crippen LogP contribution in [0.25, 0.3) is 0 Å². The average Bonchev–Trinajstić information content (AvgIpc) is 3.02. The Hall–Kier alpha value is -2.70. The summed E-state index contributed by atoms with van der Waals surface area (Å²) >= 11 is 0. The molecular formula is C18H23N5O2. The highest BCUT2D eigenvalue weighted by Gasteiger charge is 2.27. The summed E-state index contributed by atoms with van der Waals surface area (Å²) in [6.07, 6.45) is 5.08. The Morgan fingerprint density at radius 2 is 1.92 bits per heavy atom. The molecule has 1 aliphatic rings. The molecule has 1 aromatic carbocycles. The first-order valence-electron chi connectivity index (χ1n) is 8.52. The van der Waals surface area contributed by atoms with Crippen molar-refractivity contribution in [3.63, 3.8) is 0 Å². The van der Waals surface area contributed by atoms with Crippen molar-refractivity contribution < 1.29 is 9.59 Å². The van der Waals surface area contributed by atoms with E-state index in [1.165, 1.54) is 16.0 Å². The highest BCUT2D eigenvalue weighted by molar-refractivity contribution is 6.04. The zero-order valence-corrected chi connectivity index (χ0v) is 14.6. The van der Waals surface area contributed by atoms with Crippen LogP contribution in [0.4, 0.5) is 5.69 Å². The van der Waals surface area contributed by atoms with Gasteiger partial charge in [0.2, 0.25) is 5.91 Å². The van der Waals surface area contributed by atoms with Crippen molar-refractivity contribution >= 4 is 17.5 Å². The molecule has 0 radical (unpaired) electrons. The van der Waals surface area contributed by atoms with Crippen molar-refractivity contribution in [2.24, 2.45) is 5.92 Å². The first-order valence-corrected chi connectivity index (χ1v) is 8.52. The summed E-state index contributed by atoms with van der Waals surface area (Å²) in [5, 5.41) is 7.90. The molecule has 1 fully saturated rings. The fourth-order valence-corrected chi connectivity index (χ4v) is 2.74. The van der Waals surface area contributed by atoms with Crippen molar-refractivity contribution in [2.45, 2.75) is 25.8 Å². The van der Waals surface area contributed by atoms with Gasteiger partial charge in [0.25, 0.3) is 5.91 Å². The van der Waals surface area contributed by atoms with Gasteiger partial charge in [-0.3, -0.25) is 9.59 Å². The SMILES string of the molecule is CN(C)C(=O)Cn1cc(C(=O)N(CC2CCC2)c2ccccc2)nn1. The minimum atomic E-state index is -0.179. The molecule has 3 rings (SSSR count). The second-order valence-electron chi connectivity index (χ2n) is 6.64. The van der Waals surface area contributed by atoms with E-state index in [1.54, 1.807) is 25.2 Å². The molecular weight excluding hydrogens is 318 g/mol. The monoisotopic (exact) mass is 341 g/mol. The third-order valence-electron chi connectivity index (χ3n) is 4.53. The van der Waals surface area contributed by atoms with Gasteiger partial charge >= 0.3 is 0 Å². The van der Waals surface area contributed by atoms with Gasteiger partial charge in [-0.05, 0) is 30.9 Å². The van der Waals surface area contributed by atoms with Crippen LogP contribution in [0.2, 0.25) is 0 Å². The Kier molecular flexibility index (Phi) is 5.11. The molecule has 2 amide bonds. The predicted octanol–water partition coefficient (Wildman–Crippen LogP) is 1.81. The van der Waals surface area contributed by atoms with Crippen LogP contribution in [0.3, 0.4) is 0 Å². The molecule has 0 atom stereocenters. The van der Waals surface area contributed by atoms with E-state index in [-0.39, 0.29) is 24.1 Å². The summed E-state index contributed by atoms with van der Waals surface area (Å²) in [5.41, 5.74) is 1.12. The summed E-state index contributed by atoms with van der Waals surface area (Å²) in [6.45, 7) is 0.758. The van der Waals surface area contributed by atoms with Crippen molar-refractivity contribution in [1.82, 2.24) is 19.9 Å². The van der Waals surface area contributed by atoms with Crippen LogP contribution in [0.5, 0.6) is 0 Å². The molecule has 7 nitrogen and oxygen atoms in total. The fraction of sp³-hybridized carbons (Fsp3) is 0.444. The minimum Gasteiger partial charge on any atom is -0.347 e.